The number of hydrogen-bond acceptors (Lipinski definition) is 6. The largest absolute Gasteiger partial charge is 0.507 e. The van der Waals surface area contributed by atoms with E-state index < -0.39 is 0 Å². The van der Waals surface area contributed by atoms with Crippen LogP contribution in [0.25, 0.3) is 0 Å². The minimum absolute atomic E-state index is 0.0708. The van der Waals surface area contributed by atoms with E-state index in [0.717, 1.165) is 72.6 Å². The molecule has 0 amide bonds. The number of aromatic hydroxyl groups is 1. The molecule has 0 aliphatic rings. The predicted octanol–water partition coefficient (Wildman–Crippen LogP) is 14.7. The van der Waals surface area contributed by atoms with Crippen LogP contribution in [0.15, 0.2) is 121 Å². The molecule has 6 nitrogen and oxygen atoms in total. The molecule has 0 heterocycles. The molecule has 5 rings (SSSR count). The van der Waals surface area contributed by atoms with Gasteiger partial charge in [0.2, 0.25) is 0 Å². The van der Waals surface area contributed by atoms with Crippen molar-refractivity contribution in [2.45, 2.75) is 138 Å². The maximum Gasteiger partial charge on any atom is 0.123 e. The smallest absolute Gasteiger partial charge is 0.123 e. The SMILES string of the molecule is CC(C)CC(C)N(CC(CN(c1ccc(Nc2ccccc2)cc1)C(C)CC(C)C)OCCCc1cc(C(C)(C)C)c(O)c(C(C)(C)C)c1)c1ccc(Nc2ccccc2)cc1. The van der Waals surface area contributed by atoms with E-state index in [1.165, 1.54) is 16.9 Å². The van der Waals surface area contributed by atoms with Gasteiger partial charge in [0.15, 0.2) is 0 Å². The highest BCUT2D eigenvalue weighted by molar-refractivity contribution is 5.64. The molecule has 0 fully saturated rings. The van der Waals surface area contributed by atoms with Crippen LogP contribution in [-0.4, -0.2) is 43.0 Å². The lowest BCUT2D eigenvalue weighted by Crippen LogP contribution is -2.48. The summed E-state index contributed by atoms with van der Waals surface area (Å²) in [6.07, 6.45) is 3.85. The molecule has 0 aromatic heterocycles. The molecule has 0 saturated carbocycles. The molecule has 0 bridgehead atoms. The van der Waals surface area contributed by atoms with Gasteiger partial charge in [-0.3, -0.25) is 0 Å². The Bertz CT molecular complexity index is 1920. The Labute approximate surface area is 376 Å². The van der Waals surface area contributed by atoms with Crippen molar-refractivity contribution in [2.24, 2.45) is 11.8 Å². The number of nitrogens with zero attached hydrogens (tertiary/aromatic N) is 2. The van der Waals surface area contributed by atoms with Crippen LogP contribution in [0.5, 0.6) is 5.75 Å². The third-order valence-electron chi connectivity index (χ3n) is 11.8. The zero-order chi connectivity index (χ0) is 45.0. The monoisotopic (exact) mass is 839 g/mol. The van der Waals surface area contributed by atoms with Crippen molar-refractivity contribution in [1.82, 2.24) is 0 Å². The third kappa shape index (κ3) is 14.3. The fourth-order valence-corrected chi connectivity index (χ4v) is 8.66. The molecule has 6 heteroatoms. The Morgan fingerprint density at radius 2 is 0.903 bits per heavy atom. The summed E-state index contributed by atoms with van der Waals surface area (Å²) in [5, 5.41) is 18.5. The van der Waals surface area contributed by atoms with Crippen LogP contribution in [0, 0.1) is 11.8 Å². The van der Waals surface area contributed by atoms with Gasteiger partial charge in [-0.05, 0) is 152 Å². The fourth-order valence-electron chi connectivity index (χ4n) is 8.66. The molecular formula is C56H78N4O2. The molecule has 0 radical (unpaired) electrons. The number of hydrogen-bond donors (Lipinski definition) is 3. The summed E-state index contributed by atoms with van der Waals surface area (Å²) in [4.78, 5) is 5.17. The lowest BCUT2D eigenvalue weighted by molar-refractivity contribution is 0.0580. The van der Waals surface area contributed by atoms with E-state index in [4.69, 9.17) is 4.74 Å². The Balaban J connectivity index is 1.45. The molecule has 0 aliphatic carbocycles. The van der Waals surface area contributed by atoms with Gasteiger partial charge in [-0.1, -0.05) is 118 Å². The van der Waals surface area contributed by atoms with Gasteiger partial charge in [-0.2, -0.15) is 0 Å². The number of rotatable bonds is 21. The molecule has 62 heavy (non-hydrogen) atoms. The first-order valence-corrected chi connectivity index (χ1v) is 23.2. The zero-order valence-electron chi connectivity index (χ0n) is 40.1. The number of phenols is 1. The molecule has 0 spiro atoms. The van der Waals surface area contributed by atoms with Gasteiger partial charge in [-0.15, -0.1) is 0 Å². The normalized spacial score (nSPS) is 13.5. The van der Waals surface area contributed by atoms with Crippen molar-refractivity contribution in [3.63, 3.8) is 0 Å². The van der Waals surface area contributed by atoms with E-state index >= 15 is 0 Å². The van der Waals surface area contributed by atoms with E-state index in [9.17, 15) is 5.11 Å². The average Bonchev–Trinajstić information content (AvgIpc) is 3.20. The summed E-state index contributed by atoms with van der Waals surface area (Å²) in [7, 11) is 0. The summed E-state index contributed by atoms with van der Waals surface area (Å²) in [5.74, 6) is 1.54. The van der Waals surface area contributed by atoms with Crippen LogP contribution in [-0.2, 0) is 22.0 Å². The van der Waals surface area contributed by atoms with E-state index in [1.54, 1.807) is 0 Å². The summed E-state index contributed by atoms with van der Waals surface area (Å²) in [5.41, 5.74) is 9.66. The van der Waals surface area contributed by atoms with Crippen molar-refractivity contribution in [1.29, 1.82) is 0 Å². The molecule has 0 saturated heterocycles. The average molecular weight is 839 g/mol. The first kappa shape index (κ1) is 48.1. The van der Waals surface area contributed by atoms with E-state index in [2.05, 4.69) is 213 Å². The van der Waals surface area contributed by atoms with Crippen LogP contribution in [0.3, 0.4) is 0 Å². The molecule has 5 aromatic carbocycles. The maximum absolute atomic E-state index is 11.4. The van der Waals surface area contributed by atoms with E-state index in [0.29, 0.717) is 36.3 Å². The standard InChI is InChI=1S/C56H78N4O2/c1-40(2)34-42(5)59(49-29-25-47(26-30-49)57-45-21-15-13-16-22-45)38-51(62-33-19-20-44-36-52(55(7,8)9)54(61)53(37-44)56(10,11)12)39-60(43(6)35-41(3)4)50-31-27-48(28-32-50)58-46-23-17-14-18-24-46/h13-18,21-32,36-37,40-43,51,57-58,61H,19-20,33-35,38-39H2,1-12H3. The summed E-state index contributed by atoms with van der Waals surface area (Å²) >= 11 is 0. The summed E-state index contributed by atoms with van der Waals surface area (Å²) in [6, 6.07) is 43.6. The molecule has 334 valence electrons. The Kier molecular flexibility index (Phi) is 17.0. The van der Waals surface area contributed by atoms with Gasteiger partial charge in [0.1, 0.15) is 5.75 Å². The zero-order valence-corrected chi connectivity index (χ0v) is 40.1. The highest BCUT2D eigenvalue weighted by Gasteiger charge is 2.28. The van der Waals surface area contributed by atoms with Crippen LogP contribution in [0.2, 0.25) is 0 Å². The fraction of sp³-hybridized carbons (Fsp3) is 0.464. The Morgan fingerprint density at radius 3 is 1.26 bits per heavy atom. The molecule has 0 aliphatic heterocycles. The lowest BCUT2D eigenvalue weighted by Gasteiger charge is -2.39. The van der Waals surface area contributed by atoms with Crippen molar-refractivity contribution < 1.29 is 9.84 Å². The van der Waals surface area contributed by atoms with Crippen molar-refractivity contribution in [2.75, 3.05) is 40.1 Å². The topological polar surface area (TPSA) is 60.0 Å². The van der Waals surface area contributed by atoms with E-state index in [-0.39, 0.29) is 16.9 Å². The van der Waals surface area contributed by atoms with Gasteiger partial charge in [-0.25, -0.2) is 0 Å². The predicted molar refractivity (Wildman–Crippen MR) is 268 cm³/mol. The number of aryl methyl sites for hydroxylation is 1. The van der Waals surface area contributed by atoms with Gasteiger partial charge in [0.05, 0.1) is 6.10 Å². The van der Waals surface area contributed by atoms with Gasteiger partial charge in [0.25, 0.3) is 0 Å². The van der Waals surface area contributed by atoms with Crippen LogP contribution < -0.4 is 20.4 Å². The van der Waals surface area contributed by atoms with Crippen molar-refractivity contribution >= 4 is 34.1 Å². The second kappa shape index (κ2) is 21.9. The second-order valence-electron chi connectivity index (χ2n) is 20.5. The van der Waals surface area contributed by atoms with Crippen LogP contribution >= 0.6 is 0 Å². The second-order valence-corrected chi connectivity index (χ2v) is 20.5. The number of ether oxygens (including phenoxy) is 1. The molecule has 5 aromatic rings. The minimum Gasteiger partial charge on any atom is -0.507 e. The number of phenolic OH excluding ortho intramolecular Hbond substituents is 1. The maximum atomic E-state index is 11.4. The summed E-state index contributed by atoms with van der Waals surface area (Å²) < 4.78 is 7.14. The number of anilines is 6. The first-order valence-electron chi connectivity index (χ1n) is 23.2. The highest BCUT2D eigenvalue weighted by atomic mass is 16.5. The lowest BCUT2D eigenvalue weighted by atomic mass is 9.78. The van der Waals surface area contributed by atoms with Gasteiger partial charge < -0.3 is 30.3 Å². The van der Waals surface area contributed by atoms with Crippen molar-refractivity contribution in [3.05, 3.63) is 138 Å². The summed E-state index contributed by atoms with van der Waals surface area (Å²) in [6.45, 7) is 29.3. The molecular weight excluding hydrogens is 761 g/mol. The molecule has 2 unspecified atom stereocenters. The van der Waals surface area contributed by atoms with E-state index in [1.807, 2.05) is 12.1 Å². The van der Waals surface area contributed by atoms with Crippen molar-refractivity contribution in [3.8, 4) is 5.75 Å². The Morgan fingerprint density at radius 1 is 0.532 bits per heavy atom. The number of nitrogens with one attached hydrogen (secondary N) is 2. The quantitative estimate of drug-likeness (QED) is 0.0640. The number of benzene rings is 5. The highest BCUT2D eigenvalue weighted by Crippen LogP contribution is 2.40. The first-order chi connectivity index (χ1) is 29.4. The van der Waals surface area contributed by atoms with Gasteiger partial charge >= 0.3 is 0 Å². The molecule has 3 N–H and O–H groups in total. The minimum atomic E-state index is -0.167. The van der Waals surface area contributed by atoms with Gasteiger partial charge in [0, 0.05) is 65.9 Å². The van der Waals surface area contributed by atoms with Crippen LogP contribution in [0.1, 0.15) is 119 Å². The number of para-hydroxylation sites is 2. The van der Waals surface area contributed by atoms with Crippen LogP contribution in [0.4, 0.5) is 34.1 Å². The third-order valence-corrected chi connectivity index (χ3v) is 11.8. The molecule has 2 atom stereocenters. The Hall–Kier alpha value is -4.94.